The van der Waals surface area contributed by atoms with Gasteiger partial charge in [0.2, 0.25) is 5.88 Å². The van der Waals surface area contributed by atoms with E-state index in [1.54, 1.807) is 60.8 Å². The summed E-state index contributed by atoms with van der Waals surface area (Å²) in [7, 11) is -3.86. The summed E-state index contributed by atoms with van der Waals surface area (Å²) in [5.41, 5.74) is 3.32. The third kappa shape index (κ3) is 5.48. The van der Waals surface area contributed by atoms with Crippen LogP contribution in [0.2, 0.25) is 5.15 Å². The molecule has 10 heteroatoms. The van der Waals surface area contributed by atoms with E-state index >= 15 is 0 Å². The molecule has 2 aromatic heterocycles. The molecule has 174 valence electrons. The van der Waals surface area contributed by atoms with Crippen molar-refractivity contribution < 1.29 is 13.2 Å². The highest BCUT2D eigenvalue weighted by atomic mass is 35.5. The Bertz CT molecular complexity index is 1570. The molecule has 8 nitrogen and oxygen atoms in total. The Hall–Kier alpha value is -4.21. The van der Waals surface area contributed by atoms with Crippen LogP contribution in [0.25, 0.3) is 22.0 Å². The van der Waals surface area contributed by atoms with E-state index in [0.29, 0.717) is 28.2 Å². The number of hydrogen-bond acceptors (Lipinski definition) is 6. The van der Waals surface area contributed by atoms with Crippen LogP contribution in [-0.4, -0.2) is 23.4 Å². The van der Waals surface area contributed by atoms with E-state index in [1.165, 1.54) is 6.33 Å². The lowest BCUT2D eigenvalue weighted by molar-refractivity contribution is 0.468. The second kappa shape index (κ2) is 9.57. The summed E-state index contributed by atoms with van der Waals surface area (Å²) < 4.78 is 36.0. The minimum atomic E-state index is -3.86. The number of aromatic nitrogens is 3. The highest BCUT2D eigenvalue weighted by Crippen LogP contribution is 2.28. The quantitative estimate of drug-likeness (QED) is 0.267. The lowest BCUT2D eigenvalue weighted by Crippen LogP contribution is -2.21. The van der Waals surface area contributed by atoms with Crippen molar-refractivity contribution in [3.63, 3.8) is 0 Å². The van der Waals surface area contributed by atoms with E-state index in [4.69, 9.17) is 16.3 Å². The molecule has 0 aliphatic rings. The maximum atomic E-state index is 12.6. The van der Waals surface area contributed by atoms with Gasteiger partial charge in [-0.3, -0.25) is 9.44 Å². The number of rotatable bonds is 7. The van der Waals surface area contributed by atoms with Crippen molar-refractivity contribution in [1.82, 2.24) is 15.0 Å². The average Bonchev–Trinajstić information content (AvgIpc) is 2.86. The van der Waals surface area contributed by atoms with Crippen LogP contribution in [0.3, 0.4) is 0 Å². The number of pyridine rings is 1. The highest BCUT2D eigenvalue weighted by Gasteiger charge is 2.11. The normalized spacial score (nSPS) is 11.2. The van der Waals surface area contributed by atoms with Crippen molar-refractivity contribution >= 4 is 44.1 Å². The molecule has 3 aromatic carbocycles. The number of ether oxygens (including phenoxy) is 1. The zero-order chi connectivity index (χ0) is 24.3. The van der Waals surface area contributed by atoms with Gasteiger partial charge >= 0.3 is 10.2 Å². The molecule has 2 N–H and O–H groups in total. The first-order valence-electron chi connectivity index (χ1n) is 10.5. The summed E-state index contributed by atoms with van der Waals surface area (Å²) in [4.78, 5) is 12.5. The maximum absolute atomic E-state index is 12.6. The van der Waals surface area contributed by atoms with E-state index in [1.807, 2.05) is 30.3 Å². The summed E-state index contributed by atoms with van der Waals surface area (Å²) in [6.07, 6.45) is 3.09. The van der Waals surface area contributed by atoms with Gasteiger partial charge in [-0.1, -0.05) is 35.9 Å². The fourth-order valence-corrected chi connectivity index (χ4v) is 4.43. The number of benzene rings is 3. The molecule has 5 rings (SSSR count). The summed E-state index contributed by atoms with van der Waals surface area (Å²) in [5, 5.41) is 1.19. The van der Waals surface area contributed by atoms with Gasteiger partial charge in [0, 0.05) is 11.8 Å². The van der Waals surface area contributed by atoms with Gasteiger partial charge < -0.3 is 4.74 Å². The fraction of sp³-hybridized carbons (Fsp3) is 0. The molecule has 2 heterocycles. The molecular formula is C25H18ClN5O3S. The van der Waals surface area contributed by atoms with Gasteiger partial charge in [-0.15, -0.1) is 0 Å². The summed E-state index contributed by atoms with van der Waals surface area (Å²) in [5.74, 6) is 0.931. The summed E-state index contributed by atoms with van der Waals surface area (Å²) in [6, 6.07) is 24.5. The van der Waals surface area contributed by atoms with Crippen molar-refractivity contribution in [2.75, 3.05) is 9.44 Å². The lowest BCUT2D eigenvalue weighted by Gasteiger charge is -2.12. The Morgan fingerprint density at radius 2 is 1.37 bits per heavy atom. The standard InChI is InChI=1S/C25H18ClN5O3S/c26-24-14-7-18(15-27-24)17-5-8-19(9-6-17)30-35(32,33)31-20-10-12-21(13-11-20)34-25-22-3-1-2-4-23(22)28-16-29-25/h1-16,30-31H. The predicted molar refractivity (Wildman–Crippen MR) is 137 cm³/mol. The Balaban J connectivity index is 1.24. The van der Waals surface area contributed by atoms with E-state index in [0.717, 1.165) is 22.0 Å². The smallest absolute Gasteiger partial charge is 0.321 e. The zero-order valence-electron chi connectivity index (χ0n) is 18.1. The molecule has 0 saturated heterocycles. The Morgan fingerprint density at radius 3 is 2.06 bits per heavy atom. The van der Waals surface area contributed by atoms with Gasteiger partial charge in [0.15, 0.2) is 0 Å². The van der Waals surface area contributed by atoms with Gasteiger partial charge in [-0.05, 0) is 66.2 Å². The molecule has 0 atom stereocenters. The highest BCUT2D eigenvalue weighted by molar-refractivity contribution is 7.94. The van der Waals surface area contributed by atoms with E-state index in [2.05, 4.69) is 24.4 Å². The summed E-state index contributed by atoms with van der Waals surface area (Å²) in [6.45, 7) is 0. The number of nitrogens with one attached hydrogen (secondary N) is 2. The first kappa shape index (κ1) is 22.6. The molecule has 0 radical (unpaired) electrons. The van der Waals surface area contributed by atoms with Crippen molar-refractivity contribution in [1.29, 1.82) is 0 Å². The lowest BCUT2D eigenvalue weighted by atomic mass is 10.1. The minimum Gasteiger partial charge on any atom is -0.438 e. The molecule has 5 aromatic rings. The largest absolute Gasteiger partial charge is 0.438 e. The second-order valence-electron chi connectivity index (χ2n) is 7.48. The average molecular weight is 504 g/mol. The Labute approximate surface area is 206 Å². The second-order valence-corrected chi connectivity index (χ2v) is 9.28. The summed E-state index contributed by atoms with van der Waals surface area (Å²) >= 11 is 5.82. The van der Waals surface area contributed by atoms with Crippen molar-refractivity contribution in [3.05, 3.63) is 103 Å². The maximum Gasteiger partial charge on any atom is 0.321 e. The van der Waals surface area contributed by atoms with Gasteiger partial charge in [0.05, 0.1) is 22.3 Å². The van der Waals surface area contributed by atoms with Crippen LogP contribution >= 0.6 is 11.6 Å². The molecule has 0 bridgehead atoms. The van der Waals surface area contributed by atoms with Gasteiger partial charge in [0.25, 0.3) is 0 Å². The minimum absolute atomic E-state index is 0.376. The molecule has 0 saturated carbocycles. The van der Waals surface area contributed by atoms with Crippen molar-refractivity contribution in [2.45, 2.75) is 0 Å². The first-order chi connectivity index (χ1) is 16.9. The molecule has 0 fully saturated rings. The molecule has 0 amide bonds. The third-order valence-electron chi connectivity index (χ3n) is 5.03. The number of para-hydroxylation sites is 1. The monoisotopic (exact) mass is 503 g/mol. The SMILES string of the molecule is O=S(=O)(Nc1ccc(Oc2ncnc3ccccc23)cc1)Nc1ccc(-c2ccc(Cl)nc2)cc1. The topological polar surface area (TPSA) is 106 Å². The van der Waals surface area contributed by atoms with Gasteiger partial charge in [-0.25, -0.2) is 15.0 Å². The van der Waals surface area contributed by atoms with Crippen molar-refractivity contribution in [3.8, 4) is 22.8 Å². The molecule has 35 heavy (non-hydrogen) atoms. The van der Waals surface area contributed by atoms with Gasteiger partial charge in [-0.2, -0.15) is 8.42 Å². The first-order valence-corrected chi connectivity index (χ1v) is 12.3. The van der Waals surface area contributed by atoms with Crippen LogP contribution in [0.4, 0.5) is 11.4 Å². The van der Waals surface area contributed by atoms with E-state index in [-0.39, 0.29) is 0 Å². The van der Waals surface area contributed by atoms with Crippen LogP contribution in [0.15, 0.2) is 97.5 Å². The van der Waals surface area contributed by atoms with Crippen LogP contribution in [0.5, 0.6) is 11.6 Å². The van der Waals surface area contributed by atoms with Crippen LogP contribution in [-0.2, 0) is 10.2 Å². The van der Waals surface area contributed by atoms with E-state index < -0.39 is 10.2 Å². The van der Waals surface area contributed by atoms with Crippen LogP contribution < -0.4 is 14.2 Å². The van der Waals surface area contributed by atoms with Gasteiger partial charge in [0.1, 0.15) is 17.2 Å². The van der Waals surface area contributed by atoms with Crippen molar-refractivity contribution in [2.24, 2.45) is 0 Å². The Morgan fingerprint density at radius 1 is 0.714 bits per heavy atom. The molecule has 0 aliphatic heterocycles. The van der Waals surface area contributed by atoms with Crippen LogP contribution in [0, 0.1) is 0 Å². The fourth-order valence-electron chi connectivity index (χ4n) is 3.38. The third-order valence-corrected chi connectivity index (χ3v) is 6.26. The zero-order valence-corrected chi connectivity index (χ0v) is 19.7. The number of halogens is 1. The van der Waals surface area contributed by atoms with Crippen LogP contribution in [0.1, 0.15) is 0 Å². The number of fused-ring (bicyclic) bond motifs is 1. The number of hydrogen-bond donors (Lipinski definition) is 2. The number of anilines is 2. The van der Waals surface area contributed by atoms with E-state index in [9.17, 15) is 8.42 Å². The molecule has 0 aliphatic carbocycles. The molecule has 0 unspecified atom stereocenters. The predicted octanol–water partition coefficient (Wildman–Crippen LogP) is 5.91. The Kier molecular flexibility index (Phi) is 6.17. The molecular weight excluding hydrogens is 486 g/mol. The number of nitrogens with zero attached hydrogens (tertiary/aromatic N) is 3. The molecule has 0 spiro atoms.